The van der Waals surface area contributed by atoms with Crippen molar-refractivity contribution in [2.75, 3.05) is 4.90 Å². The van der Waals surface area contributed by atoms with Gasteiger partial charge in [-0.05, 0) is 49.5 Å². The van der Waals surface area contributed by atoms with Gasteiger partial charge in [-0.15, -0.1) is 0 Å². The molecule has 2 heterocycles. The number of fused-ring (bicyclic) bond motifs is 4. The lowest BCUT2D eigenvalue weighted by Gasteiger charge is -2.56. The van der Waals surface area contributed by atoms with Crippen molar-refractivity contribution in [1.29, 1.82) is 0 Å². The van der Waals surface area contributed by atoms with Gasteiger partial charge in [-0.2, -0.15) is 0 Å². The minimum Gasteiger partial charge on any atom is -0.467 e. The highest BCUT2D eigenvalue weighted by molar-refractivity contribution is 7.80. The van der Waals surface area contributed by atoms with Gasteiger partial charge in [-0.25, -0.2) is 4.39 Å². The van der Waals surface area contributed by atoms with E-state index in [1.54, 1.807) is 18.2 Å². The van der Waals surface area contributed by atoms with Crippen LogP contribution < -0.4 is 15.0 Å². The minimum atomic E-state index is -0.812. The van der Waals surface area contributed by atoms with Crippen molar-refractivity contribution in [2.45, 2.75) is 25.6 Å². The Labute approximate surface area is 154 Å². The summed E-state index contributed by atoms with van der Waals surface area (Å²) in [6.45, 7) is 3.92. The van der Waals surface area contributed by atoms with Crippen LogP contribution in [0.25, 0.3) is 0 Å². The van der Waals surface area contributed by atoms with Crippen LogP contribution in [0.15, 0.2) is 42.5 Å². The summed E-state index contributed by atoms with van der Waals surface area (Å²) in [5.41, 5.74) is 0.623. The standard InChI is InChI=1S/C18H16FN3O3S/c1-10-16-14-9-13(22(23)24)7-8-15(14)25-18(10,2)21(17(26)20-16)12-5-3-11(19)4-6-12/h3-10,16H,1-2H3,(H,20,26)/t10-,16-,18-/m0/s1. The summed E-state index contributed by atoms with van der Waals surface area (Å²) in [6, 6.07) is 10.4. The summed E-state index contributed by atoms with van der Waals surface area (Å²) < 4.78 is 19.6. The third-order valence-electron chi connectivity index (χ3n) is 5.21. The third-order valence-corrected chi connectivity index (χ3v) is 5.51. The number of nitro benzene ring substituents is 1. The molecular weight excluding hydrogens is 357 g/mol. The quantitative estimate of drug-likeness (QED) is 0.489. The molecule has 2 aliphatic heterocycles. The summed E-state index contributed by atoms with van der Waals surface area (Å²) in [5.74, 6) is 0.167. The molecule has 0 spiro atoms. The molecule has 2 aromatic carbocycles. The van der Waals surface area contributed by atoms with E-state index in [0.29, 0.717) is 22.1 Å². The Kier molecular flexibility index (Phi) is 3.62. The van der Waals surface area contributed by atoms with Crippen molar-refractivity contribution in [3.05, 3.63) is 64.0 Å². The molecule has 26 heavy (non-hydrogen) atoms. The smallest absolute Gasteiger partial charge is 0.270 e. The van der Waals surface area contributed by atoms with Crippen LogP contribution in [0, 0.1) is 21.8 Å². The lowest BCUT2D eigenvalue weighted by atomic mass is 9.80. The molecule has 2 aromatic rings. The van der Waals surface area contributed by atoms with Gasteiger partial charge >= 0.3 is 0 Å². The number of benzene rings is 2. The fourth-order valence-corrected chi connectivity index (χ4v) is 4.11. The Hall–Kier alpha value is -2.74. The molecule has 4 rings (SSSR count). The summed E-state index contributed by atoms with van der Waals surface area (Å²) in [4.78, 5) is 12.5. The largest absolute Gasteiger partial charge is 0.467 e. The molecule has 0 unspecified atom stereocenters. The fourth-order valence-electron chi connectivity index (χ4n) is 3.69. The molecule has 1 saturated heterocycles. The molecule has 0 aromatic heterocycles. The van der Waals surface area contributed by atoms with Crippen LogP contribution in [0.5, 0.6) is 5.75 Å². The number of nitrogens with zero attached hydrogens (tertiary/aromatic N) is 2. The van der Waals surface area contributed by atoms with Gasteiger partial charge in [-0.3, -0.25) is 15.0 Å². The van der Waals surface area contributed by atoms with Crippen LogP contribution in [0.1, 0.15) is 25.5 Å². The molecule has 0 aliphatic carbocycles. The molecule has 0 radical (unpaired) electrons. The highest BCUT2D eigenvalue weighted by atomic mass is 32.1. The van der Waals surface area contributed by atoms with Crippen LogP contribution in [-0.2, 0) is 0 Å². The maximum Gasteiger partial charge on any atom is 0.270 e. The molecule has 1 N–H and O–H groups in total. The van der Waals surface area contributed by atoms with E-state index in [1.807, 2.05) is 18.7 Å². The van der Waals surface area contributed by atoms with Crippen molar-refractivity contribution < 1.29 is 14.1 Å². The van der Waals surface area contributed by atoms with E-state index in [0.717, 1.165) is 0 Å². The van der Waals surface area contributed by atoms with Gasteiger partial charge in [0.25, 0.3) is 5.69 Å². The van der Waals surface area contributed by atoms with Gasteiger partial charge < -0.3 is 10.1 Å². The second-order valence-electron chi connectivity index (χ2n) is 6.66. The summed E-state index contributed by atoms with van der Waals surface area (Å²) >= 11 is 5.54. The number of rotatable bonds is 2. The molecule has 134 valence electrons. The van der Waals surface area contributed by atoms with E-state index in [9.17, 15) is 14.5 Å². The molecule has 0 amide bonds. The summed E-state index contributed by atoms with van der Waals surface area (Å²) in [6.07, 6.45) is 0. The Morgan fingerprint density at radius 2 is 2.00 bits per heavy atom. The van der Waals surface area contributed by atoms with E-state index in [1.165, 1.54) is 24.3 Å². The maximum absolute atomic E-state index is 13.3. The first-order valence-corrected chi connectivity index (χ1v) is 8.56. The first kappa shape index (κ1) is 16.7. The molecule has 2 aliphatic rings. The topological polar surface area (TPSA) is 67.6 Å². The van der Waals surface area contributed by atoms with Gasteiger partial charge in [0, 0.05) is 29.3 Å². The average Bonchev–Trinajstić information content (AvgIpc) is 2.59. The normalized spacial score (nSPS) is 26.6. The van der Waals surface area contributed by atoms with Crippen molar-refractivity contribution in [1.82, 2.24) is 5.32 Å². The minimum absolute atomic E-state index is 0.0110. The third kappa shape index (κ3) is 2.33. The highest BCUT2D eigenvalue weighted by Crippen LogP contribution is 2.49. The summed E-state index contributed by atoms with van der Waals surface area (Å²) in [5, 5.41) is 14.8. The maximum atomic E-state index is 13.3. The predicted octanol–water partition coefficient (Wildman–Crippen LogP) is 3.91. The van der Waals surface area contributed by atoms with Crippen molar-refractivity contribution >= 4 is 28.7 Å². The number of ether oxygens (including phenoxy) is 1. The number of nitrogens with one attached hydrogen (secondary N) is 1. The zero-order valence-electron chi connectivity index (χ0n) is 14.1. The van der Waals surface area contributed by atoms with Gasteiger partial charge in [0.15, 0.2) is 10.8 Å². The number of thiocarbonyl (C=S) groups is 1. The second kappa shape index (κ2) is 5.63. The number of nitro groups is 1. The van der Waals surface area contributed by atoms with E-state index in [2.05, 4.69) is 5.32 Å². The van der Waals surface area contributed by atoms with Crippen LogP contribution in [0.4, 0.5) is 15.8 Å². The zero-order valence-corrected chi connectivity index (χ0v) is 14.9. The van der Waals surface area contributed by atoms with Crippen LogP contribution in [0.3, 0.4) is 0 Å². The molecule has 3 atom stereocenters. The van der Waals surface area contributed by atoms with E-state index in [4.69, 9.17) is 17.0 Å². The molecule has 8 heteroatoms. The number of hydrogen-bond donors (Lipinski definition) is 1. The monoisotopic (exact) mass is 373 g/mol. The van der Waals surface area contributed by atoms with E-state index >= 15 is 0 Å². The van der Waals surface area contributed by atoms with Crippen LogP contribution >= 0.6 is 12.2 Å². The molecule has 0 saturated carbocycles. The molecule has 6 nitrogen and oxygen atoms in total. The summed E-state index contributed by atoms with van der Waals surface area (Å²) in [7, 11) is 0. The van der Waals surface area contributed by atoms with Gasteiger partial charge in [0.05, 0.1) is 11.0 Å². The van der Waals surface area contributed by atoms with Gasteiger partial charge in [0.2, 0.25) is 0 Å². The molecule has 2 bridgehead atoms. The number of non-ortho nitro benzene ring substituents is 1. The Balaban J connectivity index is 1.82. The first-order valence-electron chi connectivity index (χ1n) is 8.15. The van der Waals surface area contributed by atoms with Crippen molar-refractivity contribution in [3.8, 4) is 5.75 Å². The van der Waals surface area contributed by atoms with Crippen molar-refractivity contribution in [2.24, 2.45) is 5.92 Å². The Bertz CT molecular complexity index is 920. The highest BCUT2D eigenvalue weighted by Gasteiger charge is 2.54. The van der Waals surface area contributed by atoms with Gasteiger partial charge in [0.1, 0.15) is 11.6 Å². The van der Waals surface area contributed by atoms with Crippen molar-refractivity contribution in [3.63, 3.8) is 0 Å². The Morgan fingerprint density at radius 1 is 1.31 bits per heavy atom. The molecular formula is C18H16FN3O3S. The fraction of sp³-hybridized carbons (Fsp3) is 0.278. The lowest BCUT2D eigenvalue weighted by Crippen LogP contribution is -2.69. The van der Waals surface area contributed by atoms with Gasteiger partial charge in [-0.1, -0.05) is 6.92 Å². The second-order valence-corrected chi connectivity index (χ2v) is 7.05. The van der Waals surface area contributed by atoms with E-state index < -0.39 is 10.6 Å². The number of anilines is 1. The Morgan fingerprint density at radius 3 is 2.65 bits per heavy atom. The van der Waals surface area contributed by atoms with Crippen LogP contribution in [0.2, 0.25) is 0 Å². The number of halogens is 1. The lowest BCUT2D eigenvalue weighted by molar-refractivity contribution is -0.385. The predicted molar refractivity (Wildman–Crippen MR) is 98.6 cm³/mol. The average molecular weight is 373 g/mol. The molecule has 1 fully saturated rings. The SMILES string of the molecule is C[C@H]1[C@@H]2NC(=S)N(c3ccc(F)cc3)[C@@]1(C)Oc1ccc([N+](=O)[O-])cc12. The first-order chi connectivity index (χ1) is 12.3. The van der Waals surface area contributed by atoms with Crippen LogP contribution in [-0.4, -0.2) is 15.8 Å². The zero-order chi connectivity index (χ0) is 18.6. The number of hydrogen-bond acceptors (Lipinski definition) is 4. The van der Waals surface area contributed by atoms with E-state index in [-0.39, 0.29) is 23.5 Å².